The standard InChI is InChI=1S/C11H10Cl2N2O2/c1-3-9-6(2)14(16)10-4-7(12)8(13)5-11(10)15(9)17/h4-5H,3H2,1-2H3. The van der Waals surface area contributed by atoms with Crippen molar-refractivity contribution in [2.75, 3.05) is 0 Å². The van der Waals surface area contributed by atoms with E-state index in [0.717, 1.165) is 4.43 Å². The topological polar surface area (TPSA) is 51.0 Å². The second-order valence-electron chi connectivity index (χ2n) is 3.73. The van der Waals surface area contributed by atoms with Crippen molar-refractivity contribution in [3.05, 3.63) is 43.7 Å². The van der Waals surface area contributed by atoms with Gasteiger partial charge in [0.25, 0.3) is 11.2 Å². The van der Waals surface area contributed by atoms with Crippen LogP contribution < -0.4 is 4.43 Å². The number of rotatable bonds is 1. The molecule has 0 amide bonds. The van der Waals surface area contributed by atoms with Crippen LogP contribution in [0, 0.1) is 17.0 Å². The lowest BCUT2D eigenvalue weighted by molar-refractivity contribution is -0.475. The van der Waals surface area contributed by atoms with Crippen molar-refractivity contribution in [1.29, 1.82) is 0 Å². The van der Waals surface area contributed by atoms with Crippen LogP contribution in [0.4, 0.5) is 0 Å². The molecule has 0 aliphatic rings. The Morgan fingerprint density at radius 2 is 1.94 bits per heavy atom. The van der Waals surface area contributed by atoms with Crippen LogP contribution in [-0.2, 0) is 6.42 Å². The van der Waals surface area contributed by atoms with Gasteiger partial charge in [0.2, 0.25) is 0 Å². The van der Waals surface area contributed by atoms with E-state index in [-0.39, 0.29) is 21.1 Å². The maximum Gasteiger partial charge on any atom is 0.287 e. The van der Waals surface area contributed by atoms with Crippen LogP contribution in [-0.4, -0.2) is 4.73 Å². The van der Waals surface area contributed by atoms with Gasteiger partial charge in [-0.1, -0.05) is 30.1 Å². The Bertz CT molecular complexity index is 665. The Kier molecular flexibility index (Phi) is 3.02. The molecule has 0 spiro atoms. The fraction of sp³-hybridized carbons (Fsp3) is 0.273. The van der Waals surface area contributed by atoms with Gasteiger partial charge in [-0.15, -0.1) is 0 Å². The number of aromatic nitrogens is 2. The van der Waals surface area contributed by atoms with Crippen LogP contribution in [0.2, 0.25) is 10.0 Å². The van der Waals surface area contributed by atoms with Gasteiger partial charge < -0.3 is 9.94 Å². The minimum absolute atomic E-state index is 0.226. The molecule has 0 atom stereocenters. The number of benzene rings is 1. The summed E-state index contributed by atoms with van der Waals surface area (Å²) in [5, 5.41) is 12.5. The summed E-state index contributed by atoms with van der Waals surface area (Å²) in [6, 6.07) is 2.83. The van der Waals surface area contributed by atoms with E-state index in [1.807, 2.05) is 6.92 Å². The van der Waals surface area contributed by atoms with Crippen molar-refractivity contribution in [1.82, 2.24) is 4.73 Å². The second-order valence-corrected chi connectivity index (χ2v) is 4.54. The van der Waals surface area contributed by atoms with Crippen LogP contribution in [0.25, 0.3) is 11.0 Å². The molecular formula is C11H10Cl2N2O2. The maximum absolute atomic E-state index is 12.1. The largest absolute Gasteiger partial charge is 0.805 e. The smallest absolute Gasteiger partial charge is 0.287 e. The average Bonchev–Trinajstić information content (AvgIpc) is 2.30. The molecule has 0 unspecified atom stereocenters. The van der Waals surface area contributed by atoms with Gasteiger partial charge in [-0.25, -0.2) is 0 Å². The minimum atomic E-state index is 0.226. The van der Waals surface area contributed by atoms with E-state index in [1.165, 1.54) is 12.1 Å². The van der Waals surface area contributed by atoms with E-state index in [1.54, 1.807) is 6.92 Å². The molecule has 90 valence electrons. The quantitative estimate of drug-likeness (QED) is 0.750. The summed E-state index contributed by atoms with van der Waals surface area (Å²) < 4.78 is 1.45. The molecule has 0 aliphatic heterocycles. The van der Waals surface area contributed by atoms with E-state index in [9.17, 15) is 10.1 Å². The molecule has 17 heavy (non-hydrogen) atoms. The van der Waals surface area contributed by atoms with Gasteiger partial charge in [0.05, 0.1) is 20.2 Å². The number of nitrogens with zero attached hydrogens (tertiary/aromatic N) is 2. The highest BCUT2D eigenvalue weighted by molar-refractivity contribution is 6.42. The second kappa shape index (κ2) is 4.20. The van der Waals surface area contributed by atoms with E-state index in [2.05, 4.69) is 0 Å². The predicted molar refractivity (Wildman–Crippen MR) is 68.2 cm³/mol. The summed E-state index contributed by atoms with van der Waals surface area (Å²) in [6.07, 6.45) is 0.480. The van der Waals surface area contributed by atoms with E-state index >= 15 is 0 Å². The first-order valence-corrected chi connectivity index (χ1v) is 5.86. The summed E-state index contributed by atoms with van der Waals surface area (Å²) in [4.78, 5) is 12.1. The predicted octanol–water partition coefficient (Wildman–Crippen LogP) is 3.08. The van der Waals surface area contributed by atoms with Gasteiger partial charge in [-0.2, -0.15) is 0 Å². The zero-order chi connectivity index (χ0) is 12.7. The molecule has 6 heteroatoms. The Balaban J connectivity index is 3.04. The summed E-state index contributed by atoms with van der Waals surface area (Å²) >= 11 is 11.7. The minimum Gasteiger partial charge on any atom is -0.805 e. The third-order valence-corrected chi connectivity index (χ3v) is 3.48. The van der Waals surface area contributed by atoms with Crippen molar-refractivity contribution >= 4 is 34.2 Å². The van der Waals surface area contributed by atoms with Crippen molar-refractivity contribution in [3.63, 3.8) is 0 Å². The first kappa shape index (κ1) is 12.2. The lowest BCUT2D eigenvalue weighted by atomic mass is 10.2. The normalized spacial score (nSPS) is 11.1. The molecule has 0 fully saturated rings. The summed E-state index contributed by atoms with van der Waals surface area (Å²) in [5.41, 5.74) is 1.28. The molecule has 4 nitrogen and oxygen atoms in total. The Morgan fingerprint density at radius 3 is 2.53 bits per heavy atom. The molecule has 0 bridgehead atoms. The molecule has 0 aliphatic carbocycles. The third-order valence-electron chi connectivity index (χ3n) is 2.76. The first-order chi connectivity index (χ1) is 7.97. The summed E-state index contributed by atoms with van der Waals surface area (Å²) in [7, 11) is 0. The van der Waals surface area contributed by atoms with Crippen LogP contribution in [0.15, 0.2) is 12.1 Å². The Labute approximate surface area is 108 Å². The van der Waals surface area contributed by atoms with Gasteiger partial charge in [-0.05, 0) is 13.0 Å². The fourth-order valence-electron chi connectivity index (χ4n) is 1.84. The lowest BCUT2D eigenvalue weighted by Gasteiger charge is -2.16. The van der Waals surface area contributed by atoms with Crippen molar-refractivity contribution in [3.8, 4) is 0 Å². The molecule has 2 aromatic rings. The lowest BCUT2D eigenvalue weighted by Crippen LogP contribution is -2.26. The van der Waals surface area contributed by atoms with Gasteiger partial charge >= 0.3 is 0 Å². The van der Waals surface area contributed by atoms with Crippen LogP contribution in [0.1, 0.15) is 18.3 Å². The number of hydrogen-bond donors (Lipinski definition) is 0. The van der Waals surface area contributed by atoms with Crippen molar-refractivity contribution < 1.29 is 4.43 Å². The monoisotopic (exact) mass is 272 g/mol. The van der Waals surface area contributed by atoms with Gasteiger partial charge in [0.15, 0.2) is 0 Å². The Morgan fingerprint density at radius 1 is 1.35 bits per heavy atom. The molecule has 1 aromatic heterocycles. The zero-order valence-corrected chi connectivity index (χ0v) is 10.8. The highest BCUT2D eigenvalue weighted by Gasteiger charge is 2.19. The maximum atomic E-state index is 12.1. The molecule has 1 heterocycles. The molecular weight excluding hydrogens is 263 g/mol. The van der Waals surface area contributed by atoms with Crippen molar-refractivity contribution in [2.24, 2.45) is 0 Å². The van der Waals surface area contributed by atoms with E-state index in [4.69, 9.17) is 23.2 Å². The molecule has 0 saturated carbocycles. The molecule has 1 aromatic carbocycles. The molecule has 2 rings (SSSR count). The van der Waals surface area contributed by atoms with Gasteiger partial charge in [0, 0.05) is 17.4 Å². The molecule has 0 saturated heterocycles. The van der Waals surface area contributed by atoms with Crippen LogP contribution >= 0.6 is 23.2 Å². The highest BCUT2D eigenvalue weighted by Crippen LogP contribution is 2.26. The fourth-order valence-corrected chi connectivity index (χ4v) is 2.16. The summed E-state index contributed by atoms with van der Waals surface area (Å²) in [6.45, 7) is 3.43. The van der Waals surface area contributed by atoms with E-state index < -0.39 is 0 Å². The summed E-state index contributed by atoms with van der Waals surface area (Å²) in [5.74, 6) is 0. The van der Waals surface area contributed by atoms with Crippen LogP contribution in [0.5, 0.6) is 0 Å². The Hall–Kier alpha value is -1.26. The number of hydrogen-bond acceptors (Lipinski definition) is 2. The SMILES string of the molecule is CCc1c(C)n([O-])c2cc(Cl)c(Cl)cc2[n+]1=O. The third kappa shape index (κ3) is 1.77. The number of fused-ring (bicyclic) bond motifs is 1. The number of halogens is 2. The first-order valence-electron chi connectivity index (χ1n) is 5.10. The van der Waals surface area contributed by atoms with Gasteiger partial charge in [-0.3, -0.25) is 0 Å². The zero-order valence-electron chi connectivity index (χ0n) is 9.33. The molecule has 0 radical (unpaired) electrons. The van der Waals surface area contributed by atoms with Crippen LogP contribution in [0.3, 0.4) is 0 Å². The van der Waals surface area contributed by atoms with Crippen molar-refractivity contribution in [2.45, 2.75) is 20.3 Å². The molecule has 0 N–H and O–H groups in total. The van der Waals surface area contributed by atoms with Gasteiger partial charge in [0.1, 0.15) is 5.52 Å². The average molecular weight is 273 g/mol. The van der Waals surface area contributed by atoms with E-state index in [0.29, 0.717) is 22.5 Å². The highest BCUT2D eigenvalue weighted by atomic mass is 35.5.